The second kappa shape index (κ2) is 8.56. The van der Waals surface area contributed by atoms with Crippen LogP contribution in [0.4, 0.5) is 17.3 Å². The summed E-state index contributed by atoms with van der Waals surface area (Å²) in [6, 6.07) is 11.6. The zero-order chi connectivity index (χ0) is 22.4. The Morgan fingerprint density at radius 3 is 2.72 bits per heavy atom. The van der Waals surface area contributed by atoms with Gasteiger partial charge in [-0.3, -0.25) is 9.69 Å². The van der Waals surface area contributed by atoms with Gasteiger partial charge < -0.3 is 10.2 Å². The monoisotopic (exact) mass is 485 g/mol. The van der Waals surface area contributed by atoms with Crippen molar-refractivity contribution in [2.75, 3.05) is 23.8 Å². The number of fused-ring (bicyclic) bond motifs is 2. The fourth-order valence-corrected chi connectivity index (χ4v) is 5.69. The maximum absolute atomic E-state index is 13.3. The smallest absolute Gasteiger partial charge is 0.263 e. The molecule has 0 saturated heterocycles. The first-order valence-corrected chi connectivity index (χ1v) is 11.9. The molecular weight excluding hydrogens is 465 g/mol. The van der Waals surface area contributed by atoms with Gasteiger partial charge in [-0.2, -0.15) is 0 Å². The second-order valence-corrected chi connectivity index (χ2v) is 10.1. The zero-order valence-corrected chi connectivity index (χ0v) is 19.9. The number of aromatic nitrogens is 2. The summed E-state index contributed by atoms with van der Waals surface area (Å²) in [6.45, 7) is 3.94. The van der Waals surface area contributed by atoms with Gasteiger partial charge in [-0.15, -0.1) is 0 Å². The molecule has 0 bridgehead atoms. The second-order valence-electron chi connectivity index (χ2n) is 7.97. The normalized spacial score (nSPS) is 18.3. The number of nitrogens with zero attached hydrogens (tertiary/aromatic N) is 4. The predicted octanol–water partition coefficient (Wildman–Crippen LogP) is 5.61. The Balaban J connectivity index is 1.42. The molecule has 5 rings (SSSR count). The third-order valence-corrected chi connectivity index (χ3v) is 7.39. The summed E-state index contributed by atoms with van der Waals surface area (Å²) in [5, 5.41) is 4.56. The van der Waals surface area contributed by atoms with Crippen LogP contribution < -0.4 is 10.2 Å². The number of hydrogen-bond donors (Lipinski definition) is 1. The van der Waals surface area contributed by atoms with Crippen LogP contribution in [-0.4, -0.2) is 39.7 Å². The van der Waals surface area contributed by atoms with E-state index < -0.39 is 0 Å². The first kappa shape index (κ1) is 21.5. The van der Waals surface area contributed by atoms with Crippen molar-refractivity contribution < 1.29 is 4.79 Å². The summed E-state index contributed by atoms with van der Waals surface area (Å²) < 4.78 is 0. The number of nitrogens with one attached hydrogen (secondary N) is 1. The van der Waals surface area contributed by atoms with Gasteiger partial charge in [-0.25, -0.2) is 9.97 Å². The van der Waals surface area contributed by atoms with Crippen molar-refractivity contribution in [3.63, 3.8) is 0 Å². The van der Waals surface area contributed by atoms with Gasteiger partial charge in [0, 0.05) is 25.0 Å². The predicted molar refractivity (Wildman–Crippen MR) is 130 cm³/mol. The van der Waals surface area contributed by atoms with Crippen LogP contribution in [0.2, 0.25) is 10.0 Å². The molecule has 0 saturated carbocycles. The van der Waals surface area contributed by atoms with Crippen molar-refractivity contribution in [2.24, 2.45) is 0 Å². The maximum Gasteiger partial charge on any atom is 0.263 e. The number of carbonyl (C=O) groups excluding carboxylic acids is 1. The van der Waals surface area contributed by atoms with Gasteiger partial charge in [0.2, 0.25) is 5.95 Å². The van der Waals surface area contributed by atoms with Gasteiger partial charge in [0.1, 0.15) is 5.03 Å². The van der Waals surface area contributed by atoms with E-state index in [0.29, 0.717) is 32.3 Å². The highest BCUT2D eigenvalue weighted by molar-refractivity contribution is 8.00. The molecule has 0 radical (unpaired) electrons. The summed E-state index contributed by atoms with van der Waals surface area (Å²) in [4.78, 5) is 26.2. The number of thioether (sulfide) groups is 1. The number of para-hydroxylation sites is 1. The lowest BCUT2D eigenvalue weighted by Crippen LogP contribution is -2.41. The van der Waals surface area contributed by atoms with E-state index in [1.807, 2.05) is 6.92 Å². The van der Waals surface area contributed by atoms with E-state index in [2.05, 4.69) is 45.4 Å². The van der Waals surface area contributed by atoms with Crippen LogP contribution in [-0.2, 0) is 13.0 Å². The summed E-state index contributed by atoms with van der Waals surface area (Å²) in [5.74, 6) is 0.245. The van der Waals surface area contributed by atoms with Crippen molar-refractivity contribution in [1.29, 1.82) is 0 Å². The summed E-state index contributed by atoms with van der Waals surface area (Å²) in [5.41, 5.74) is 4.57. The van der Waals surface area contributed by atoms with Crippen LogP contribution in [0.15, 0.2) is 47.6 Å². The van der Waals surface area contributed by atoms with Gasteiger partial charge in [0.25, 0.3) is 5.91 Å². The molecule has 1 amide bonds. The van der Waals surface area contributed by atoms with E-state index in [0.717, 1.165) is 25.2 Å². The SMILES string of the molecule is CC1Sc2nc(Nc3ccc4c(c3)CN(C)CC4)ncc2C(=O)N1c1c(Cl)cccc1Cl. The zero-order valence-electron chi connectivity index (χ0n) is 17.6. The molecule has 2 aliphatic heterocycles. The molecule has 2 aromatic carbocycles. The molecule has 32 heavy (non-hydrogen) atoms. The highest BCUT2D eigenvalue weighted by Gasteiger charge is 2.35. The largest absolute Gasteiger partial charge is 0.324 e. The first-order chi connectivity index (χ1) is 15.4. The van der Waals surface area contributed by atoms with Gasteiger partial charge >= 0.3 is 0 Å². The highest BCUT2D eigenvalue weighted by atomic mass is 35.5. The lowest BCUT2D eigenvalue weighted by atomic mass is 9.99. The summed E-state index contributed by atoms with van der Waals surface area (Å²) in [6.07, 6.45) is 2.62. The summed E-state index contributed by atoms with van der Waals surface area (Å²) >= 11 is 14.2. The van der Waals surface area contributed by atoms with E-state index in [9.17, 15) is 4.79 Å². The molecule has 0 fully saturated rings. The molecule has 0 aliphatic carbocycles. The van der Waals surface area contributed by atoms with Gasteiger partial charge in [-0.05, 0) is 55.8 Å². The average molecular weight is 486 g/mol. The Morgan fingerprint density at radius 2 is 1.94 bits per heavy atom. The molecule has 1 unspecified atom stereocenters. The minimum Gasteiger partial charge on any atom is -0.324 e. The molecular formula is C23H21Cl2N5OS. The molecule has 164 valence electrons. The standard InChI is InChI=1S/C23H21Cl2N5OS/c1-13-30(20-18(24)4-3-5-19(20)25)22(31)17-11-26-23(28-21(17)32-13)27-16-7-6-14-8-9-29(2)12-15(14)10-16/h3-7,10-11,13H,8-9,12H2,1-2H3,(H,26,27,28). The quantitative estimate of drug-likeness (QED) is 0.486. The van der Waals surface area contributed by atoms with Crippen LogP contribution in [0.3, 0.4) is 0 Å². The topological polar surface area (TPSA) is 61.4 Å². The fourth-order valence-electron chi connectivity index (χ4n) is 4.08. The van der Waals surface area contributed by atoms with E-state index in [1.165, 1.54) is 22.9 Å². The molecule has 1 aromatic heterocycles. The van der Waals surface area contributed by atoms with Gasteiger partial charge in [-0.1, -0.05) is 47.1 Å². The molecule has 1 atom stereocenters. The van der Waals surface area contributed by atoms with E-state index in [1.54, 1.807) is 29.3 Å². The molecule has 1 N–H and O–H groups in total. The fraction of sp³-hybridized carbons (Fsp3) is 0.261. The van der Waals surface area contributed by atoms with Crippen LogP contribution in [0, 0.1) is 0 Å². The van der Waals surface area contributed by atoms with E-state index in [-0.39, 0.29) is 11.3 Å². The number of hydrogen-bond acceptors (Lipinski definition) is 6. The number of rotatable bonds is 3. The lowest BCUT2D eigenvalue weighted by molar-refractivity contribution is 0.0979. The number of amides is 1. The Hall–Kier alpha value is -2.32. The van der Waals surface area contributed by atoms with E-state index in [4.69, 9.17) is 23.2 Å². The molecule has 0 spiro atoms. The lowest BCUT2D eigenvalue weighted by Gasteiger charge is -2.34. The number of halogens is 2. The van der Waals surface area contributed by atoms with Crippen molar-refractivity contribution in [3.05, 3.63) is 69.3 Å². The molecule has 9 heteroatoms. The number of benzene rings is 2. The molecule has 2 aliphatic rings. The van der Waals surface area contributed by atoms with Crippen molar-refractivity contribution in [2.45, 2.75) is 30.3 Å². The van der Waals surface area contributed by atoms with Crippen molar-refractivity contribution >= 4 is 58.2 Å². The number of anilines is 3. The van der Waals surface area contributed by atoms with Crippen LogP contribution in [0.25, 0.3) is 0 Å². The molecule has 6 nitrogen and oxygen atoms in total. The third kappa shape index (κ3) is 3.94. The van der Waals surface area contributed by atoms with Gasteiger partial charge in [0.15, 0.2) is 0 Å². The third-order valence-electron chi connectivity index (χ3n) is 5.69. The maximum atomic E-state index is 13.3. The molecule has 3 heterocycles. The molecule has 3 aromatic rings. The average Bonchev–Trinajstić information content (AvgIpc) is 2.75. The summed E-state index contributed by atoms with van der Waals surface area (Å²) in [7, 11) is 2.13. The minimum atomic E-state index is -0.227. The first-order valence-electron chi connectivity index (χ1n) is 10.3. The Bertz CT molecular complexity index is 1200. The van der Waals surface area contributed by atoms with Crippen LogP contribution in [0.5, 0.6) is 0 Å². The Morgan fingerprint density at radius 1 is 1.16 bits per heavy atom. The Kier molecular flexibility index (Phi) is 5.75. The van der Waals surface area contributed by atoms with E-state index >= 15 is 0 Å². The van der Waals surface area contributed by atoms with Crippen LogP contribution >= 0.6 is 35.0 Å². The Labute approximate surface area is 200 Å². The number of carbonyl (C=O) groups is 1. The van der Waals surface area contributed by atoms with Crippen LogP contribution in [0.1, 0.15) is 28.4 Å². The van der Waals surface area contributed by atoms with Crippen molar-refractivity contribution in [3.8, 4) is 0 Å². The van der Waals surface area contributed by atoms with Gasteiger partial charge in [0.05, 0.1) is 26.7 Å². The number of likely N-dealkylation sites (N-methyl/N-ethyl adjacent to an activating group) is 1. The van der Waals surface area contributed by atoms with Crippen molar-refractivity contribution in [1.82, 2.24) is 14.9 Å². The minimum absolute atomic E-state index is 0.218. The highest BCUT2D eigenvalue weighted by Crippen LogP contribution is 2.42.